The van der Waals surface area contributed by atoms with E-state index in [0.717, 1.165) is 6.54 Å². The second kappa shape index (κ2) is 5.76. The zero-order valence-corrected chi connectivity index (χ0v) is 12.8. The number of halogens is 3. The van der Waals surface area contributed by atoms with Gasteiger partial charge in [-0.1, -0.05) is 0 Å². The number of hydrogen-bond donors (Lipinski definition) is 1. The molecular formula is C14H24F3N3O. The summed E-state index contributed by atoms with van der Waals surface area (Å²) in [4.78, 5) is 16.5. The van der Waals surface area contributed by atoms with Crippen LogP contribution in [-0.2, 0) is 4.79 Å². The molecule has 7 heteroatoms. The highest BCUT2D eigenvalue weighted by molar-refractivity contribution is 5.82. The molecule has 0 saturated carbocycles. The fourth-order valence-corrected chi connectivity index (χ4v) is 3.00. The van der Waals surface area contributed by atoms with Gasteiger partial charge in [0.05, 0.1) is 12.0 Å². The van der Waals surface area contributed by atoms with E-state index in [1.807, 2.05) is 7.05 Å². The predicted molar refractivity (Wildman–Crippen MR) is 73.9 cm³/mol. The van der Waals surface area contributed by atoms with Crippen LogP contribution in [0.15, 0.2) is 0 Å². The van der Waals surface area contributed by atoms with Crippen molar-refractivity contribution in [1.29, 1.82) is 0 Å². The lowest BCUT2D eigenvalue weighted by molar-refractivity contribution is -0.181. The summed E-state index contributed by atoms with van der Waals surface area (Å²) in [7, 11) is 2.02. The molecule has 4 nitrogen and oxygen atoms in total. The van der Waals surface area contributed by atoms with E-state index in [9.17, 15) is 18.0 Å². The van der Waals surface area contributed by atoms with Gasteiger partial charge in [-0.3, -0.25) is 9.69 Å². The molecule has 2 saturated heterocycles. The normalized spacial score (nSPS) is 31.2. The zero-order chi connectivity index (χ0) is 15.8. The molecule has 2 rings (SSSR count). The predicted octanol–water partition coefficient (Wildman–Crippen LogP) is 1.47. The molecule has 0 bridgehead atoms. The van der Waals surface area contributed by atoms with Crippen LogP contribution >= 0.6 is 0 Å². The van der Waals surface area contributed by atoms with E-state index in [2.05, 4.69) is 24.1 Å². The Morgan fingerprint density at radius 2 is 1.90 bits per heavy atom. The summed E-state index contributed by atoms with van der Waals surface area (Å²) in [5.41, 5.74) is -0.100. The molecule has 0 aliphatic carbocycles. The largest absolute Gasteiger partial charge is 0.393 e. The Labute approximate surface area is 123 Å². The van der Waals surface area contributed by atoms with Gasteiger partial charge in [-0.05, 0) is 33.7 Å². The van der Waals surface area contributed by atoms with Gasteiger partial charge in [0.15, 0.2) is 0 Å². The molecule has 2 fully saturated rings. The van der Waals surface area contributed by atoms with E-state index < -0.39 is 18.1 Å². The van der Waals surface area contributed by atoms with Gasteiger partial charge in [0.25, 0.3) is 0 Å². The van der Waals surface area contributed by atoms with Crippen molar-refractivity contribution >= 4 is 5.91 Å². The lowest BCUT2D eigenvalue weighted by Gasteiger charge is -2.46. The lowest BCUT2D eigenvalue weighted by atomic mass is 9.92. The number of carbonyl (C=O) groups excluding carboxylic acids is 1. The number of piperidine rings is 1. The van der Waals surface area contributed by atoms with Crippen LogP contribution in [0.4, 0.5) is 13.2 Å². The van der Waals surface area contributed by atoms with Crippen LogP contribution in [0.3, 0.4) is 0 Å². The van der Waals surface area contributed by atoms with E-state index in [1.165, 1.54) is 0 Å². The first-order valence-electron chi connectivity index (χ1n) is 7.41. The molecule has 2 aliphatic heterocycles. The first-order chi connectivity index (χ1) is 9.61. The molecule has 0 spiro atoms. The third-order valence-corrected chi connectivity index (χ3v) is 4.80. The molecule has 0 aromatic heterocycles. The third kappa shape index (κ3) is 3.69. The minimum absolute atomic E-state index is 0.0318. The molecule has 1 amide bonds. The van der Waals surface area contributed by atoms with Crippen LogP contribution < -0.4 is 5.32 Å². The topological polar surface area (TPSA) is 35.6 Å². The first kappa shape index (κ1) is 16.5. The van der Waals surface area contributed by atoms with Gasteiger partial charge >= 0.3 is 6.18 Å². The van der Waals surface area contributed by atoms with Crippen molar-refractivity contribution in [3.8, 4) is 0 Å². The molecule has 0 aromatic carbocycles. The number of alkyl halides is 3. The van der Waals surface area contributed by atoms with E-state index >= 15 is 0 Å². The minimum Gasteiger partial charge on any atom is -0.338 e. The second-order valence-electron chi connectivity index (χ2n) is 6.77. The fourth-order valence-electron chi connectivity index (χ4n) is 3.00. The maximum absolute atomic E-state index is 12.6. The summed E-state index contributed by atoms with van der Waals surface area (Å²) < 4.78 is 37.9. The van der Waals surface area contributed by atoms with E-state index in [0.29, 0.717) is 13.1 Å². The van der Waals surface area contributed by atoms with Gasteiger partial charge in [0.1, 0.15) is 0 Å². The number of carbonyl (C=O) groups is 1. The second-order valence-corrected chi connectivity index (χ2v) is 6.77. The first-order valence-corrected chi connectivity index (χ1v) is 7.41. The van der Waals surface area contributed by atoms with Crippen LogP contribution in [0.2, 0.25) is 0 Å². The van der Waals surface area contributed by atoms with Crippen LogP contribution in [0.25, 0.3) is 0 Å². The van der Waals surface area contributed by atoms with E-state index in [-0.39, 0.29) is 30.8 Å². The van der Waals surface area contributed by atoms with Gasteiger partial charge in [0.2, 0.25) is 5.91 Å². The van der Waals surface area contributed by atoms with Gasteiger partial charge in [-0.15, -0.1) is 0 Å². The minimum atomic E-state index is -4.17. The quantitative estimate of drug-likeness (QED) is 0.797. The van der Waals surface area contributed by atoms with Gasteiger partial charge in [-0.25, -0.2) is 0 Å². The number of nitrogens with one attached hydrogen (secondary N) is 1. The zero-order valence-electron chi connectivity index (χ0n) is 12.8. The van der Waals surface area contributed by atoms with E-state index in [1.54, 1.807) is 4.90 Å². The Morgan fingerprint density at radius 3 is 2.38 bits per heavy atom. The Balaban J connectivity index is 1.91. The molecule has 0 radical (unpaired) electrons. The fraction of sp³-hybridized carbons (Fsp3) is 0.929. The number of likely N-dealkylation sites (N-methyl/N-ethyl adjacent to an activating group) is 1. The molecule has 2 aliphatic rings. The Morgan fingerprint density at radius 1 is 1.24 bits per heavy atom. The summed E-state index contributed by atoms with van der Waals surface area (Å²) in [6, 6.07) is -0.470. The van der Waals surface area contributed by atoms with Crippen LogP contribution in [0.1, 0.15) is 26.7 Å². The Bertz CT molecular complexity index is 389. The Kier molecular flexibility index (Phi) is 4.54. The number of amides is 1. The number of nitrogens with zero attached hydrogens (tertiary/aromatic N) is 2. The van der Waals surface area contributed by atoms with Gasteiger partial charge < -0.3 is 10.2 Å². The molecule has 2 heterocycles. The summed E-state index contributed by atoms with van der Waals surface area (Å²) in [6.07, 6.45) is -3.88. The molecular weight excluding hydrogens is 283 g/mol. The molecule has 122 valence electrons. The highest BCUT2D eigenvalue weighted by atomic mass is 19.4. The maximum Gasteiger partial charge on any atom is 0.393 e. The molecule has 0 aromatic rings. The monoisotopic (exact) mass is 307 g/mol. The number of piperazine rings is 1. The molecule has 1 N–H and O–H groups in total. The van der Waals surface area contributed by atoms with Crippen LogP contribution in [0.5, 0.6) is 0 Å². The Hall–Kier alpha value is -0.820. The van der Waals surface area contributed by atoms with Crippen molar-refractivity contribution in [1.82, 2.24) is 15.1 Å². The van der Waals surface area contributed by atoms with Crippen LogP contribution in [0, 0.1) is 5.92 Å². The average molecular weight is 307 g/mol. The highest BCUT2D eigenvalue weighted by Gasteiger charge is 2.43. The van der Waals surface area contributed by atoms with E-state index in [4.69, 9.17) is 0 Å². The number of rotatable bonds is 1. The molecule has 21 heavy (non-hydrogen) atoms. The smallest absolute Gasteiger partial charge is 0.338 e. The van der Waals surface area contributed by atoms with Crippen molar-refractivity contribution in [3.63, 3.8) is 0 Å². The highest BCUT2D eigenvalue weighted by Crippen LogP contribution is 2.32. The summed E-state index contributed by atoms with van der Waals surface area (Å²) in [6.45, 7) is 6.03. The summed E-state index contributed by atoms with van der Waals surface area (Å²) in [5, 5.41) is 2.79. The van der Waals surface area contributed by atoms with Gasteiger partial charge in [-0.2, -0.15) is 13.2 Å². The third-order valence-electron chi connectivity index (χ3n) is 4.80. The molecule has 2 unspecified atom stereocenters. The average Bonchev–Trinajstić information content (AvgIpc) is 2.40. The maximum atomic E-state index is 12.6. The number of hydrogen-bond acceptors (Lipinski definition) is 3. The summed E-state index contributed by atoms with van der Waals surface area (Å²) in [5.74, 6) is -1.39. The SMILES string of the molecule is CN1CCN(C(=O)C2CCC(C(F)(F)F)CN2)CC1(C)C. The van der Waals surface area contributed by atoms with Crippen molar-refractivity contribution in [2.45, 2.75) is 44.4 Å². The van der Waals surface area contributed by atoms with Crippen molar-refractivity contribution < 1.29 is 18.0 Å². The van der Waals surface area contributed by atoms with Gasteiger partial charge in [0, 0.05) is 31.7 Å². The molecule has 2 atom stereocenters. The van der Waals surface area contributed by atoms with Crippen molar-refractivity contribution in [3.05, 3.63) is 0 Å². The summed E-state index contributed by atoms with van der Waals surface area (Å²) >= 11 is 0. The van der Waals surface area contributed by atoms with Crippen molar-refractivity contribution in [2.75, 3.05) is 33.2 Å². The standard InChI is InChI=1S/C14H24F3N3O/c1-13(2)9-20(7-6-19(13)3)12(21)11-5-4-10(8-18-11)14(15,16)17/h10-11,18H,4-9H2,1-3H3. The van der Waals surface area contributed by atoms with Crippen molar-refractivity contribution in [2.24, 2.45) is 5.92 Å². The lowest BCUT2D eigenvalue weighted by Crippen LogP contribution is -2.62. The van der Waals surface area contributed by atoms with Crippen LogP contribution in [-0.4, -0.2) is 66.7 Å².